The fourth-order valence-corrected chi connectivity index (χ4v) is 2.76. The van der Waals surface area contributed by atoms with Crippen LogP contribution in [0.2, 0.25) is 0 Å². The summed E-state index contributed by atoms with van der Waals surface area (Å²) in [6.45, 7) is 3.41. The standard InChI is InChI=1S/C13H14F3NOS/c1-12(2,9-17)6-7-19(18)11-5-3-4-10(8-11)13(14,15)16/h3-5,8H,6-7H2,1-2H3. The molecule has 0 saturated heterocycles. The van der Waals surface area contributed by atoms with Crippen molar-refractivity contribution < 1.29 is 17.4 Å². The second-order valence-corrected chi connectivity index (χ2v) is 6.39. The van der Waals surface area contributed by atoms with Gasteiger partial charge in [0.15, 0.2) is 0 Å². The molecule has 19 heavy (non-hydrogen) atoms. The van der Waals surface area contributed by atoms with Gasteiger partial charge in [-0.1, -0.05) is 6.07 Å². The van der Waals surface area contributed by atoms with E-state index in [1.807, 2.05) is 0 Å². The molecule has 104 valence electrons. The first kappa shape index (κ1) is 15.7. The van der Waals surface area contributed by atoms with Crippen molar-refractivity contribution in [1.82, 2.24) is 0 Å². The normalized spacial score (nSPS) is 13.9. The Morgan fingerprint density at radius 2 is 1.95 bits per heavy atom. The zero-order valence-electron chi connectivity index (χ0n) is 10.6. The molecule has 0 aliphatic heterocycles. The van der Waals surface area contributed by atoms with Crippen LogP contribution < -0.4 is 0 Å². The summed E-state index contributed by atoms with van der Waals surface area (Å²) in [4.78, 5) is 0.142. The second-order valence-electron chi connectivity index (χ2n) is 4.82. The van der Waals surface area contributed by atoms with Crippen molar-refractivity contribution in [3.05, 3.63) is 29.8 Å². The number of halogens is 3. The van der Waals surface area contributed by atoms with Crippen LogP contribution in [0.4, 0.5) is 13.2 Å². The molecule has 1 aromatic rings. The zero-order valence-corrected chi connectivity index (χ0v) is 11.4. The smallest absolute Gasteiger partial charge is 0.254 e. The van der Waals surface area contributed by atoms with E-state index in [4.69, 9.17) is 5.26 Å². The Hall–Kier alpha value is -1.35. The monoisotopic (exact) mass is 289 g/mol. The van der Waals surface area contributed by atoms with E-state index in [1.165, 1.54) is 12.1 Å². The highest BCUT2D eigenvalue weighted by Crippen LogP contribution is 2.30. The van der Waals surface area contributed by atoms with Crippen LogP contribution in [0, 0.1) is 16.7 Å². The van der Waals surface area contributed by atoms with Crippen LogP contribution >= 0.6 is 0 Å². The Morgan fingerprint density at radius 1 is 1.32 bits per heavy atom. The summed E-state index contributed by atoms with van der Waals surface area (Å²) in [6.07, 6.45) is -4.07. The van der Waals surface area contributed by atoms with Crippen LogP contribution in [0.1, 0.15) is 25.8 Å². The van der Waals surface area contributed by atoms with Crippen molar-refractivity contribution in [3.63, 3.8) is 0 Å². The van der Waals surface area contributed by atoms with Crippen molar-refractivity contribution in [2.45, 2.75) is 31.3 Å². The minimum absolute atomic E-state index is 0.142. The van der Waals surface area contributed by atoms with Crippen molar-refractivity contribution in [2.24, 2.45) is 5.41 Å². The van der Waals surface area contributed by atoms with Gasteiger partial charge in [-0.15, -0.1) is 0 Å². The average molecular weight is 289 g/mol. The molecule has 6 heteroatoms. The third kappa shape index (κ3) is 4.67. The molecule has 1 unspecified atom stereocenters. The Morgan fingerprint density at radius 3 is 2.47 bits per heavy atom. The van der Waals surface area contributed by atoms with Crippen LogP contribution in [0.15, 0.2) is 29.2 Å². The molecule has 0 aliphatic rings. The Bertz CT molecular complexity index is 517. The molecule has 0 saturated carbocycles. The molecule has 0 amide bonds. The molecule has 0 aromatic heterocycles. The first-order valence-electron chi connectivity index (χ1n) is 5.62. The lowest BCUT2D eigenvalue weighted by Gasteiger charge is -2.14. The predicted molar refractivity (Wildman–Crippen MR) is 66.7 cm³/mol. The number of hydrogen-bond donors (Lipinski definition) is 0. The first-order valence-corrected chi connectivity index (χ1v) is 6.94. The van der Waals surface area contributed by atoms with E-state index in [-0.39, 0.29) is 10.6 Å². The number of nitriles is 1. The largest absolute Gasteiger partial charge is 0.416 e. The first-order chi connectivity index (χ1) is 8.65. The van der Waals surface area contributed by atoms with E-state index in [9.17, 15) is 17.4 Å². The maximum Gasteiger partial charge on any atom is 0.416 e. The Labute approximate surface area is 112 Å². The SMILES string of the molecule is CC(C)(C#N)CCS(=O)c1cccc(C(F)(F)F)c1. The summed E-state index contributed by atoms with van der Waals surface area (Å²) < 4.78 is 49.5. The number of alkyl halides is 3. The number of hydrogen-bond acceptors (Lipinski definition) is 2. The van der Waals surface area contributed by atoms with Gasteiger partial charge in [0, 0.05) is 10.6 Å². The van der Waals surface area contributed by atoms with Gasteiger partial charge in [-0.25, -0.2) is 0 Å². The minimum atomic E-state index is -4.44. The molecule has 0 spiro atoms. The van der Waals surface area contributed by atoms with Gasteiger partial charge in [0.2, 0.25) is 0 Å². The quantitative estimate of drug-likeness (QED) is 0.847. The summed E-state index contributed by atoms with van der Waals surface area (Å²) in [5.41, 5.74) is -1.44. The van der Waals surface area contributed by atoms with Crippen molar-refractivity contribution >= 4 is 10.8 Å². The lowest BCUT2D eigenvalue weighted by atomic mass is 9.93. The van der Waals surface area contributed by atoms with E-state index in [1.54, 1.807) is 13.8 Å². The molecule has 0 fully saturated rings. The summed E-state index contributed by atoms with van der Waals surface area (Å²) in [7, 11) is -1.53. The molecule has 0 bridgehead atoms. The Kier molecular flexibility index (Phi) is 4.75. The molecular weight excluding hydrogens is 275 g/mol. The third-order valence-electron chi connectivity index (χ3n) is 2.64. The molecule has 0 N–H and O–H groups in total. The van der Waals surface area contributed by atoms with Gasteiger partial charge < -0.3 is 0 Å². The van der Waals surface area contributed by atoms with Crippen molar-refractivity contribution in [1.29, 1.82) is 5.26 Å². The van der Waals surface area contributed by atoms with Gasteiger partial charge in [-0.05, 0) is 38.5 Å². The van der Waals surface area contributed by atoms with Crippen molar-refractivity contribution in [2.75, 3.05) is 5.75 Å². The molecule has 0 heterocycles. The van der Waals surface area contributed by atoms with Gasteiger partial charge >= 0.3 is 6.18 Å². The topological polar surface area (TPSA) is 40.9 Å². The highest BCUT2D eigenvalue weighted by Gasteiger charge is 2.30. The number of nitrogens with zero attached hydrogens (tertiary/aromatic N) is 1. The zero-order chi connectivity index (χ0) is 14.7. The van der Waals surface area contributed by atoms with Crippen LogP contribution in [0.5, 0.6) is 0 Å². The summed E-state index contributed by atoms with van der Waals surface area (Å²) in [5, 5.41) is 8.83. The maximum atomic E-state index is 12.5. The van der Waals surface area contributed by atoms with Gasteiger partial charge in [0.05, 0.1) is 27.8 Å². The summed E-state index contributed by atoms with van der Waals surface area (Å²) >= 11 is 0. The van der Waals surface area contributed by atoms with E-state index in [2.05, 4.69) is 6.07 Å². The van der Waals surface area contributed by atoms with Crippen molar-refractivity contribution in [3.8, 4) is 6.07 Å². The van der Waals surface area contributed by atoms with Gasteiger partial charge in [0.1, 0.15) is 0 Å². The summed E-state index contributed by atoms with van der Waals surface area (Å²) in [5.74, 6) is 0.169. The molecule has 2 nitrogen and oxygen atoms in total. The maximum absolute atomic E-state index is 12.5. The molecule has 1 rings (SSSR count). The van der Waals surface area contributed by atoms with Crippen LogP contribution in [-0.4, -0.2) is 9.96 Å². The number of benzene rings is 1. The molecule has 1 aromatic carbocycles. The van der Waals surface area contributed by atoms with Gasteiger partial charge in [-0.3, -0.25) is 4.21 Å². The van der Waals surface area contributed by atoms with E-state index in [0.717, 1.165) is 12.1 Å². The summed E-state index contributed by atoms with van der Waals surface area (Å²) in [6, 6.07) is 6.56. The molecular formula is C13H14F3NOS. The molecule has 0 radical (unpaired) electrons. The lowest BCUT2D eigenvalue weighted by Crippen LogP contribution is -2.13. The van der Waals surface area contributed by atoms with E-state index < -0.39 is 28.0 Å². The second kappa shape index (κ2) is 5.74. The van der Waals surface area contributed by atoms with Crippen LogP contribution in [0.25, 0.3) is 0 Å². The highest BCUT2D eigenvalue weighted by atomic mass is 32.2. The number of rotatable bonds is 4. The molecule has 0 aliphatic carbocycles. The average Bonchev–Trinajstić information content (AvgIpc) is 2.35. The minimum Gasteiger partial charge on any atom is -0.254 e. The fraction of sp³-hybridized carbons (Fsp3) is 0.462. The van der Waals surface area contributed by atoms with E-state index in [0.29, 0.717) is 6.42 Å². The molecule has 1 atom stereocenters. The lowest BCUT2D eigenvalue weighted by molar-refractivity contribution is -0.137. The third-order valence-corrected chi connectivity index (χ3v) is 3.99. The van der Waals surface area contributed by atoms with Gasteiger partial charge in [-0.2, -0.15) is 18.4 Å². The van der Waals surface area contributed by atoms with E-state index >= 15 is 0 Å². The van der Waals surface area contributed by atoms with Gasteiger partial charge in [0.25, 0.3) is 0 Å². The highest BCUT2D eigenvalue weighted by molar-refractivity contribution is 7.85. The van der Waals surface area contributed by atoms with Crippen LogP contribution in [-0.2, 0) is 17.0 Å². The van der Waals surface area contributed by atoms with Crippen LogP contribution in [0.3, 0.4) is 0 Å². The predicted octanol–water partition coefficient (Wildman–Crippen LogP) is 3.75. The Balaban J connectivity index is 2.82. The fourth-order valence-electron chi connectivity index (χ4n) is 1.34.